The molecule has 77 valence electrons. The summed E-state index contributed by atoms with van der Waals surface area (Å²) < 4.78 is 15.6. The number of hydrogen-bond donors (Lipinski definition) is 0. The molecule has 0 bridgehead atoms. The zero-order valence-corrected chi connectivity index (χ0v) is 8.79. The van der Waals surface area contributed by atoms with Crippen LogP contribution in [0.15, 0.2) is 12.1 Å². The fraction of sp³-hybridized carbons (Fsp3) is 0.364. The molecule has 0 aliphatic carbocycles. The molecule has 0 atom stereocenters. The van der Waals surface area contributed by atoms with E-state index in [-0.39, 0.29) is 0 Å². The highest BCUT2D eigenvalue weighted by Crippen LogP contribution is 2.39. The third-order valence-electron chi connectivity index (χ3n) is 2.06. The van der Waals surface area contributed by atoms with Gasteiger partial charge in [-0.1, -0.05) is 6.07 Å². The molecule has 0 spiro atoms. The number of methoxy groups -OCH3 is 3. The van der Waals surface area contributed by atoms with Crippen molar-refractivity contribution in [2.24, 2.45) is 0 Å². The zero-order valence-electron chi connectivity index (χ0n) is 8.79. The van der Waals surface area contributed by atoms with Crippen LogP contribution in [0.25, 0.3) is 0 Å². The summed E-state index contributed by atoms with van der Waals surface area (Å²) in [5.74, 6) is 1.99. The van der Waals surface area contributed by atoms with Crippen molar-refractivity contribution < 1.29 is 14.2 Å². The van der Waals surface area contributed by atoms with Gasteiger partial charge in [0.05, 0.1) is 21.3 Å². The Kier molecular flexibility index (Phi) is 3.63. The molecule has 0 fully saturated rings. The number of rotatable bonds is 4. The molecule has 1 aromatic rings. The first-order chi connectivity index (χ1) is 6.78. The molecule has 0 aliphatic heterocycles. The number of benzene rings is 1. The van der Waals surface area contributed by atoms with Crippen LogP contribution in [0.3, 0.4) is 0 Å². The van der Waals surface area contributed by atoms with Crippen molar-refractivity contribution in [3.63, 3.8) is 0 Å². The largest absolute Gasteiger partial charge is 0.493 e. The molecule has 0 saturated carbocycles. The first kappa shape index (κ1) is 10.7. The number of hydrogen-bond acceptors (Lipinski definition) is 3. The minimum atomic E-state index is 0.621. The van der Waals surface area contributed by atoms with Crippen LogP contribution in [-0.4, -0.2) is 21.3 Å². The van der Waals surface area contributed by atoms with Crippen molar-refractivity contribution in [3.05, 3.63) is 24.6 Å². The fourth-order valence-corrected chi connectivity index (χ4v) is 1.36. The highest BCUT2D eigenvalue weighted by Gasteiger charge is 2.13. The molecule has 1 rings (SSSR count). The van der Waals surface area contributed by atoms with Gasteiger partial charge < -0.3 is 14.2 Å². The van der Waals surface area contributed by atoms with Gasteiger partial charge in [-0.3, -0.25) is 0 Å². The highest BCUT2D eigenvalue weighted by molar-refractivity contribution is 5.55. The third kappa shape index (κ3) is 1.76. The van der Waals surface area contributed by atoms with Crippen LogP contribution in [0, 0.1) is 6.92 Å². The van der Waals surface area contributed by atoms with E-state index in [0.29, 0.717) is 23.7 Å². The lowest BCUT2D eigenvalue weighted by Crippen LogP contribution is -1.98. The molecule has 3 heteroatoms. The van der Waals surface area contributed by atoms with Crippen molar-refractivity contribution in [1.82, 2.24) is 0 Å². The lowest BCUT2D eigenvalue weighted by Gasteiger charge is -2.14. The van der Waals surface area contributed by atoms with Crippen molar-refractivity contribution >= 4 is 0 Å². The average molecular weight is 195 g/mol. The molecule has 0 aromatic heterocycles. The maximum Gasteiger partial charge on any atom is 0.203 e. The quantitative estimate of drug-likeness (QED) is 0.736. The maximum absolute atomic E-state index is 5.26. The third-order valence-corrected chi connectivity index (χ3v) is 2.06. The van der Waals surface area contributed by atoms with Gasteiger partial charge in [0.2, 0.25) is 5.75 Å². The Morgan fingerprint density at radius 2 is 1.64 bits per heavy atom. The SMILES string of the molecule is [CH2]Cc1ccc(OC)c(OC)c1OC. The minimum absolute atomic E-state index is 0.621. The molecule has 0 saturated heterocycles. The Hall–Kier alpha value is -1.38. The molecule has 3 nitrogen and oxygen atoms in total. The van der Waals surface area contributed by atoms with Crippen LogP contribution in [0.4, 0.5) is 0 Å². The van der Waals surface area contributed by atoms with Crippen LogP contribution < -0.4 is 14.2 Å². The van der Waals surface area contributed by atoms with E-state index >= 15 is 0 Å². The van der Waals surface area contributed by atoms with E-state index in [1.54, 1.807) is 21.3 Å². The summed E-state index contributed by atoms with van der Waals surface area (Å²) in [6, 6.07) is 3.77. The Balaban J connectivity index is 3.28. The lowest BCUT2D eigenvalue weighted by molar-refractivity contribution is 0.322. The summed E-state index contributed by atoms with van der Waals surface area (Å²) in [5, 5.41) is 0. The summed E-state index contributed by atoms with van der Waals surface area (Å²) in [4.78, 5) is 0. The average Bonchev–Trinajstić information content (AvgIpc) is 2.26. The molecule has 0 heterocycles. The lowest BCUT2D eigenvalue weighted by atomic mass is 10.1. The van der Waals surface area contributed by atoms with Gasteiger partial charge in [0.1, 0.15) is 0 Å². The van der Waals surface area contributed by atoms with Gasteiger partial charge in [-0.15, -0.1) is 0 Å². The molecule has 14 heavy (non-hydrogen) atoms. The van der Waals surface area contributed by atoms with Gasteiger partial charge in [-0.25, -0.2) is 0 Å². The second-order valence-corrected chi connectivity index (χ2v) is 2.74. The molecule has 0 unspecified atom stereocenters. The van der Waals surface area contributed by atoms with E-state index in [2.05, 4.69) is 6.92 Å². The van der Waals surface area contributed by atoms with E-state index in [1.165, 1.54) is 0 Å². The van der Waals surface area contributed by atoms with Crippen molar-refractivity contribution in [2.75, 3.05) is 21.3 Å². The molecule has 1 aromatic carbocycles. The van der Waals surface area contributed by atoms with E-state index in [4.69, 9.17) is 14.2 Å². The highest BCUT2D eigenvalue weighted by atomic mass is 16.5. The summed E-state index contributed by atoms with van der Waals surface area (Å²) in [6.45, 7) is 3.82. The summed E-state index contributed by atoms with van der Waals surface area (Å²) in [5.41, 5.74) is 1.00. The molecule has 0 N–H and O–H groups in total. The van der Waals surface area contributed by atoms with E-state index in [1.807, 2.05) is 12.1 Å². The van der Waals surface area contributed by atoms with E-state index in [9.17, 15) is 0 Å². The van der Waals surface area contributed by atoms with Gasteiger partial charge in [-0.05, 0) is 25.0 Å². The topological polar surface area (TPSA) is 27.7 Å². The normalized spacial score (nSPS) is 9.71. The Morgan fingerprint density at radius 1 is 1.00 bits per heavy atom. The van der Waals surface area contributed by atoms with Gasteiger partial charge in [0.25, 0.3) is 0 Å². The zero-order chi connectivity index (χ0) is 10.6. The van der Waals surface area contributed by atoms with Crippen LogP contribution in [0.1, 0.15) is 5.56 Å². The maximum atomic E-state index is 5.26. The van der Waals surface area contributed by atoms with Crippen molar-refractivity contribution in [2.45, 2.75) is 6.42 Å². The Bertz CT molecular complexity index is 277. The molecule has 0 amide bonds. The van der Waals surface area contributed by atoms with Crippen LogP contribution in [0.2, 0.25) is 0 Å². The molecule has 1 radical (unpaired) electrons. The molecular weight excluding hydrogens is 180 g/mol. The Morgan fingerprint density at radius 3 is 2.07 bits per heavy atom. The molecular formula is C11H15O3. The van der Waals surface area contributed by atoms with Crippen LogP contribution in [-0.2, 0) is 6.42 Å². The molecule has 0 aliphatic rings. The second-order valence-electron chi connectivity index (χ2n) is 2.74. The standard InChI is InChI=1S/C11H15O3/c1-5-8-6-7-9(12-2)11(14-4)10(8)13-3/h6-7H,1,5H2,2-4H3. The van der Waals surface area contributed by atoms with Crippen molar-refractivity contribution in [1.29, 1.82) is 0 Å². The summed E-state index contributed by atoms with van der Waals surface area (Å²) in [7, 11) is 4.80. The van der Waals surface area contributed by atoms with Crippen LogP contribution >= 0.6 is 0 Å². The summed E-state index contributed by atoms with van der Waals surface area (Å²) in [6.07, 6.45) is 0.656. The first-order valence-electron chi connectivity index (χ1n) is 4.35. The minimum Gasteiger partial charge on any atom is -0.493 e. The Labute approximate surface area is 84.6 Å². The summed E-state index contributed by atoms with van der Waals surface area (Å²) >= 11 is 0. The van der Waals surface area contributed by atoms with Gasteiger partial charge in [-0.2, -0.15) is 0 Å². The van der Waals surface area contributed by atoms with E-state index < -0.39 is 0 Å². The predicted octanol–water partition coefficient (Wildman–Crippen LogP) is 2.09. The second kappa shape index (κ2) is 4.74. The van der Waals surface area contributed by atoms with Crippen molar-refractivity contribution in [3.8, 4) is 17.2 Å². The van der Waals surface area contributed by atoms with Gasteiger partial charge >= 0.3 is 0 Å². The van der Waals surface area contributed by atoms with Crippen LogP contribution in [0.5, 0.6) is 17.2 Å². The fourth-order valence-electron chi connectivity index (χ4n) is 1.36. The number of ether oxygens (including phenoxy) is 3. The monoisotopic (exact) mass is 195 g/mol. The smallest absolute Gasteiger partial charge is 0.203 e. The van der Waals surface area contributed by atoms with Gasteiger partial charge in [0.15, 0.2) is 11.5 Å². The van der Waals surface area contributed by atoms with E-state index in [0.717, 1.165) is 5.56 Å². The van der Waals surface area contributed by atoms with Gasteiger partial charge in [0, 0.05) is 0 Å². The predicted molar refractivity (Wildman–Crippen MR) is 55.2 cm³/mol. The first-order valence-corrected chi connectivity index (χ1v) is 4.35.